The first-order chi connectivity index (χ1) is 16.5. The van der Waals surface area contributed by atoms with Crippen molar-refractivity contribution < 1.29 is 44.5 Å². The Balaban J connectivity index is 1.54. The Kier molecular flexibility index (Phi) is 7.60. The topological polar surface area (TPSA) is 146 Å². The van der Waals surface area contributed by atoms with Crippen LogP contribution >= 0.6 is 0 Å². The lowest BCUT2D eigenvalue weighted by Gasteiger charge is -2.60. The van der Waals surface area contributed by atoms with Gasteiger partial charge >= 0.3 is 5.97 Å². The van der Waals surface area contributed by atoms with E-state index in [2.05, 4.69) is 13.5 Å². The Morgan fingerprint density at radius 1 is 1.17 bits per heavy atom. The molecule has 0 radical (unpaired) electrons. The van der Waals surface area contributed by atoms with Gasteiger partial charge in [0, 0.05) is 11.3 Å². The Hall–Kier alpha value is -1.59. The second-order valence-electron chi connectivity index (χ2n) is 10.9. The van der Waals surface area contributed by atoms with Gasteiger partial charge in [-0.05, 0) is 43.1 Å². The van der Waals surface area contributed by atoms with Crippen LogP contribution in [0.2, 0.25) is 0 Å². The average Bonchev–Trinajstić information content (AvgIpc) is 3.24. The van der Waals surface area contributed by atoms with Crippen LogP contribution in [0.5, 0.6) is 0 Å². The smallest absolute Gasteiger partial charge is 0.338 e. The summed E-state index contributed by atoms with van der Waals surface area (Å²) in [4.78, 5) is 11.9. The van der Waals surface area contributed by atoms with Gasteiger partial charge in [0.2, 0.25) is 0 Å². The fourth-order valence-electron chi connectivity index (χ4n) is 6.65. The molecule has 2 aliphatic heterocycles. The molecule has 0 bridgehead atoms. The molecule has 2 heterocycles. The Morgan fingerprint density at radius 3 is 2.57 bits per heavy atom. The minimum Gasteiger partial charge on any atom is -0.458 e. The second-order valence-corrected chi connectivity index (χ2v) is 10.9. The molecule has 4 rings (SSSR count). The molecule has 9 nitrogen and oxygen atoms in total. The third-order valence-corrected chi connectivity index (χ3v) is 8.84. The molecule has 2 aliphatic carbocycles. The van der Waals surface area contributed by atoms with E-state index in [0.717, 1.165) is 24.8 Å². The van der Waals surface area contributed by atoms with Crippen LogP contribution in [0, 0.1) is 22.7 Å². The molecule has 4 aliphatic rings. The molecule has 3 fully saturated rings. The van der Waals surface area contributed by atoms with Gasteiger partial charge in [0.1, 0.15) is 31.0 Å². The van der Waals surface area contributed by atoms with Crippen molar-refractivity contribution in [2.24, 2.45) is 22.7 Å². The number of aliphatic hydroxyl groups excluding tert-OH is 5. The number of fused-ring (bicyclic) bond motifs is 1. The van der Waals surface area contributed by atoms with E-state index >= 15 is 0 Å². The van der Waals surface area contributed by atoms with Gasteiger partial charge in [-0.3, -0.25) is 0 Å². The van der Waals surface area contributed by atoms with Crippen LogP contribution < -0.4 is 0 Å². The standard InChI is InChI=1S/C26H38O9/c1-14-4-7-18-25(2,16(14)6-5-15-9-11-33-23(15)32)10-8-19(28)26(18,3)13-34-24-22(31)21(30)20(29)17(12-27)35-24/h5-6,9,16-22,24,27-31H,1,4,7-8,10-13H2,2-3H3/b6-5+/t16-,17-,18+,19-,20+,21+,22-,24-,25+,26+/m1/s1. The third kappa shape index (κ3) is 4.64. The molecule has 1 saturated heterocycles. The van der Waals surface area contributed by atoms with Crippen molar-refractivity contribution in [3.8, 4) is 0 Å². The summed E-state index contributed by atoms with van der Waals surface area (Å²) >= 11 is 0. The normalized spacial score (nSPS) is 46.4. The van der Waals surface area contributed by atoms with Crippen LogP contribution in [0.3, 0.4) is 0 Å². The van der Waals surface area contributed by atoms with Gasteiger partial charge < -0.3 is 39.7 Å². The lowest BCUT2D eigenvalue weighted by atomic mass is 9.46. The molecule has 0 aromatic rings. The largest absolute Gasteiger partial charge is 0.458 e. The van der Waals surface area contributed by atoms with E-state index in [0.29, 0.717) is 12.0 Å². The van der Waals surface area contributed by atoms with Gasteiger partial charge in [-0.25, -0.2) is 4.79 Å². The van der Waals surface area contributed by atoms with Gasteiger partial charge in [0.15, 0.2) is 6.29 Å². The van der Waals surface area contributed by atoms with Crippen molar-refractivity contribution in [2.75, 3.05) is 19.8 Å². The number of allylic oxidation sites excluding steroid dienone is 2. The number of esters is 1. The second kappa shape index (κ2) is 10.0. The molecule has 35 heavy (non-hydrogen) atoms. The summed E-state index contributed by atoms with van der Waals surface area (Å²) in [5, 5.41) is 51.1. The van der Waals surface area contributed by atoms with Crippen LogP contribution in [0.25, 0.3) is 0 Å². The fourth-order valence-corrected chi connectivity index (χ4v) is 6.65. The van der Waals surface area contributed by atoms with E-state index < -0.39 is 48.8 Å². The highest BCUT2D eigenvalue weighted by atomic mass is 16.7. The molecular weight excluding hydrogens is 456 g/mol. The number of ether oxygens (including phenoxy) is 3. The summed E-state index contributed by atoms with van der Waals surface area (Å²) in [6.07, 6.45) is 1.03. The van der Waals surface area contributed by atoms with Gasteiger partial charge in [-0.2, -0.15) is 0 Å². The highest BCUT2D eigenvalue weighted by Gasteiger charge is 2.58. The van der Waals surface area contributed by atoms with Gasteiger partial charge in [-0.1, -0.05) is 38.2 Å². The van der Waals surface area contributed by atoms with Crippen molar-refractivity contribution in [2.45, 2.75) is 76.3 Å². The molecule has 0 unspecified atom stereocenters. The van der Waals surface area contributed by atoms with Crippen LogP contribution in [-0.2, 0) is 19.0 Å². The van der Waals surface area contributed by atoms with Crippen molar-refractivity contribution >= 4 is 5.97 Å². The predicted octanol–water partition coefficient (Wildman–Crippen LogP) is 0.592. The molecule has 0 aromatic heterocycles. The summed E-state index contributed by atoms with van der Waals surface area (Å²) in [5.41, 5.74) is 0.680. The molecule has 9 heteroatoms. The minimum atomic E-state index is -1.52. The maximum absolute atomic E-state index is 11.9. The zero-order valence-electron chi connectivity index (χ0n) is 20.4. The van der Waals surface area contributed by atoms with E-state index in [1.807, 2.05) is 19.1 Å². The van der Waals surface area contributed by atoms with Gasteiger partial charge in [0.05, 0.1) is 24.9 Å². The van der Waals surface area contributed by atoms with Crippen molar-refractivity contribution in [3.05, 3.63) is 36.0 Å². The Bertz CT molecular complexity index is 882. The average molecular weight is 495 g/mol. The first kappa shape index (κ1) is 26.5. The first-order valence-corrected chi connectivity index (χ1v) is 12.4. The molecule has 2 saturated carbocycles. The molecule has 5 N–H and O–H groups in total. The van der Waals surface area contributed by atoms with Gasteiger partial charge in [-0.15, -0.1) is 0 Å². The molecule has 10 atom stereocenters. The predicted molar refractivity (Wildman–Crippen MR) is 125 cm³/mol. The number of rotatable bonds is 6. The number of carbonyl (C=O) groups is 1. The van der Waals surface area contributed by atoms with E-state index in [-0.39, 0.29) is 36.4 Å². The Labute approximate surface area is 205 Å². The first-order valence-electron chi connectivity index (χ1n) is 12.4. The lowest BCUT2D eigenvalue weighted by Crippen LogP contribution is -2.61. The maximum Gasteiger partial charge on any atom is 0.338 e. The zero-order chi connectivity index (χ0) is 25.5. The van der Waals surface area contributed by atoms with E-state index in [1.165, 1.54) is 0 Å². The molecule has 0 amide bonds. The van der Waals surface area contributed by atoms with Crippen LogP contribution in [0.4, 0.5) is 0 Å². The minimum absolute atomic E-state index is 0.00497. The molecule has 0 aromatic carbocycles. The van der Waals surface area contributed by atoms with Crippen molar-refractivity contribution in [1.82, 2.24) is 0 Å². The highest BCUT2D eigenvalue weighted by Crippen LogP contribution is 2.61. The lowest BCUT2D eigenvalue weighted by molar-refractivity contribution is -0.312. The number of carbonyl (C=O) groups excluding carboxylic acids is 1. The Morgan fingerprint density at radius 2 is 1.91 bits per heavy atom. The third-order valence-electron chi connectivity index (χ3n) is 8.84. The van der Waals surface area contributed by atoms with Crippen molar-refractivity contribution in [1.29, 1.82) is 0 Å². The number of hydrogen-bond donors (Lipinski definition) is 5. The van der Waals surface area contributed by atoms with Gasteiger partial charge in [0.25, 0.3) is 0 Å². The van der Waals surface area contributed by atoms with Crippen LogP contribution in [0.1, 0.15) is 39.5 Å². The summed E-state index contributed by atoms with van der Waals surface area (Å²) in [5.74, 6) is -0.302. The fraction of sp³-hybridized carbons (Fsp3) is 0.731. The highest BCUT2D eigenvalue weighted by molar-refractivity contribution is 5.93. The maximum atomic E-state index is 11.9. The number of cyclic esters (lactones) is 1. The molecule has 196 valence electrons. The monoisotopic (exact) mass is 494 g/mol. The van der Waals surface area contributed by atoms with E-state index in [9.17, 15) is 30.3 Å². The summed E-state index contributed by atoms with van der Waals surface area (Å²) < 4.78 is 16.5. The van der Waals surface area contributed by atoms with E-state index in [1.54, 1.807) is 6.08 Å². The summed E-state index contributed by atoms with van der Waals surface area (Å²) in [7, 11) is 0. The number of aliphatic hydroxyl groups is 5. The van der Waals surface area contributed by atoms with Crippen molar-refractivity contribution in [3.63, 3.8) is 0 Å². The van der Waals surface area contributed by atoms with Crippen LogP contribution in [0.15, 0.2) is 36.0 Å². The molecular formula is C26H38O9. The SMILES string of the molecule is C=C1CC[C@@H]2[C@](C)(CO[C@@H]3O[C@H](CO)[C@H](O)[C@H](O)[C@H]3O)[C@H](O)CC[C@@]2(C)[C@@H]1/C=C/C1=CCOC1=O. The summed E-state index contributed by atoms with van der Waals surface area (Å²) in [6.45, 7) is 8.27. The zero-order valence-corrected chi connectivity index (χ0v) is 20.4. The quantitative estimate of drug-likeness (QED) is 0.264. The van der Waals surface area contributed by atoms with E-state index in [4.69, 9.17) is 14.2 Å². The number of hydrogen-bond acceptors (Lipinski definition) is 9. The summed E-state index contributed by atoms with van der Waals surface area (Å²) in [6, 6.07) is 0. The molecule has 0 spiro atoms. The van der Waals surface area contributed by atoms with Crippen LogP contribution in [-0.4, -0.2) is 88.1 Å².